The van der Waals surface area contributed by atoms with Crippen LogP contribution in [0.15, 0.2) is 78.9 Å². The molecule has 0 saturated carbocycles. The molecule has 4 atom stereocenters. The van der Waals surface area contributed by atoms with Gasteiger partial charge >= 0.3 is 0 Å². The fraction of sp³-hybridized carbons (Fsp3) is 0.400. The van der Waals surface area contributed by atoms with Crippen LogP contribution in [0.2, 0.25) is 0 Å². The third kappa shape index (κ3) is 3.83. The Morgan fingerprint density at radius 3 is 2.12 bits per heavy atom. The van der Waals surface area contributed by atoms with E-state index in [1.54, 1.807) is 19.2 Å². The number of methoxy groups -OCH3 is 1. The Kier molecular flexibility index (Phi) is 5.88. The van der Waals surface area contributed by atoms with Crippen molar-refractivity contribution in [3.05, 3.63) is 101 Å². The lowest BCUT2D eigenvalue weighted by molar-refractivity contribution is -0.0465. The van der Waals surface area contributed by atoms with Crippen LogP contribution in [-0.4, -0.2) is 36.2 Å². The molecular weight excluding hydrogens is 423 g/mol. The van der Waals surface area contributed by atoms with E-state index in [0.717, 1.165) is 11.3 Å². The number of nitrogens with one attached hydrogen (secondary N) is 1. The first kappa shape index (κ1) is 21.8. The molecule has 3 nitrogen and oxygen atoms in total. The number of rotatable bonds is 7. The third-order valence-corrected chi connectivity index (χ3v) is 8.48. The molecule has 0 aromatic heterocycles. The molecule has 7 rings (SSSR count). The fourth-order valence-electron chi connectivity index (χ4n) is 7.19. The lowest BCUT2D eigenvalue weighted by Crippen LogP contribution is -2.68. The van der Waals surface area contributed by atoms with E-state index in [-0.39, 0.29) is 5.82 Å². The molecule has 1 N–H and O–H groups in total. The molecule has 3 aromatic carbocycles. The Hall–Kier alpha value is -2.69. The number of benzene rings is 3. The summed E-state index contributed by atoms with van der Waals surface area (Å²) in [4.78, 5) is 2.87. The van der Waals surface area contributed by atoms with Gasteiger partial charge in [-0.2, -0.15) is 0 Å². The highest BCUT2D eigenvalue weighted by atomic mass is 19.1. The van der Waals surface area contributed by atoms with E-state index in [4.69, 9.17) is 4.74 Å². The van der Waals surface area contributed by atoms with Crippen molar-refractivity contribution >= 4 is 0 Å². The lowest BCUT2D eigenvalue weighted by atomic mass is 9.68. The largest absolute Gasteiger partial charge is 0.496 e. The molecular formula is C30H33FN2O. The summed E-state index contributed by atoms with van der Waals surface area (Å²) >= 11 is 0. The number of ether oxygens (including phenoxy) is 1. The van der Waals surface area contributed by atoms with Gasteiger partial charge < -0.3 is 10.1 Å². The van der Waals surface area contributed by atoms with Crippen molar-refractivity contribution in [2.24, 2.45) is 5.92 Å². The summed E-state index contributed by atoms with van der Waals surface area (Å²) in [6.07, 6.45) is 5.17. The third-order valence-electron chi connectivity index (χ3n) is 8.48. The Morgan fingerprint density at radius 1 is 0.912 bits per heavy atom. The molecule has 4 heteroatoms. The van der Waals surface area contributed by atoms with Crippen LogP contribution in [0.3, 0.4) is 0 Å². The molecule has 0 spiro atoms. The van der Waals surface area contributed by atoms with Crippen LogP contribution in [0.25, 0.3) is 0 Å². The Labute approximate surface area is 201 Å². The minimum Gasteiger partial charge on any atom is -0.496 e. The molecule has 3 aromatic rings. The number of hydrogen-bond donors (Lipinski definition) is 1. The smallest absolute Gasteiger partial charge is 0.123 e. The van der Waals surface area contributed by atoms with Gasteiger partial charge in [0.1, 0.15) is 11.6 Å². The molecule has 4 bridgehead atoms. The van der Waals surface area contributed by atoms with E-state index in [2.05, 4.69) is 70.9 Å². The number of piperidine rings is 3. The van der Waals surface area contributed by atoms with Crippen molar-refractivity contribution in [3.63, 3.8) is 0 Å². The van der Waals surface area contributed by atoms with Crippen molar-refractivity contribution in [1.29, 1.82) is 0 Å². The molecule has 0 radical (unpaired) electrons. The van der Waals surface area contributed by atoms with E-state index in [0.29, 0.717) is 42.5 Å². The zero-order valence-corrected chi connectivity index (χ0v) is 19.7. The van der Waals surface area contributed by atoms with E-state index >= 15 is 0 Å². The van der Waals surface area contributed by atoms with E-state index in [9.17, 15) is 4.39 Å². The van der Waals surface area contributed by atoms with E-state index in [1.807, 2.05) is 0 Å². The first-order valence-electron chi connectivity index (χ1n) is 12.7. The predicted molar refractivity (Wildman–Crippen MR) is 133 cm³/mol. The first-order valence-corrected chi connectivity index (χ1v) is 12.7. The minimum atomic E-state index is -0.215. The SMILES string of the molecule is COc1ccc(F)cc1CNC1C2CC3CCC(C2)N3C1C(c1ccccc1)c1ccccc1. The maximum atomic E-state index is 14.1. The van der Waals surface area contributed by atoms with Gasteiger partial charge in [-0.1, -0.05) is 60.7 Å². The topological polar surface area (TPSA) is 24.5 Å². The van der Waals surface area contributed by atoms with Crippen molar-refractivity contribution in [2.75, 3.05) is 7.11 Å². The van der Waals surface area contributed by atoms with Crippen LogP contribution in [0.5, 0.6) is 5.75 Å². The highest BCUT2D eigenvalue weighted by Crippen LogP contribution is 2.52. The average molecular weight is 457 g/mol. The maximum Gasteiger partial charge on any atom is 0.123 e. The second-order valence-corrected chi connectivity index (χ2v) is 10.2. The van der Waals surface area contributed by atoms with Crippen LogP contribution >= 0.6 is 0 Å². The van der Waals surface area contributed by atoms with Gasteiger partial charge in [0.2, 0.25) is 0 Å². The first-order chi connectivity index (χ1) is 16.7. The summed E-state index contributed by atoms with van der Waals surface area (Å²) < 4.78 is 19.6. The van der Waals surface area contributed by atoms with Crippen LogP contribution in [0, 0.1) is 11.7 Å². The molecule has 4 aliphatic heterocycles. The molecule has 0 aliphatic carbocycles. The van der Waals surface area contributed by atoms with Gasteiger partial charge in [-0.25, -0.2) is 4.39 Å². The summed E-state index contributed by atoms with van der Waals surface area (Å²) in [7, 11) is 1.66. The van der Waals surface area contributed by atoms with Crippen LogP contribution in [-0.2, 0) is 6.54 Å². The molecule has 4 saturated heterocycles. The van der Waals surface area contributed by atoms with Crippen molar-refractivity contribution < 1.29 is 9.13 Å². The van der Waals surface area contributed by atoms with Gasteiger partial charge in [0.25, 0.3) is 0 Å². The molecule has 176 valence electrons. The highest BCUT2D eigenvalue weighted by molar-refractivity contribution is 5.37. The van der Waals surface area contributed by atoms with Crippen molar-refractivity contribution in [3.8, 4) is 5.75 Å². The Morgan fingerprint density at radius 2 is 1.53 bits per heavy atom. The molecule has 34 heavy (non-hydrogen) atoms. The van der Waals surface area contributed by atoms with Crippen LogP contribution in [0.1, 0.15) is 48.3 Å². The van der Waals surface area contributed by atoms with E-state index < -0.39 is 0 Å². The standard InChI is InChI=1S/C30H33FN2O/c1-34-27-15-12-24(31)16-23(27)19-32-29-22-17-25-13-14-26(18-22)33(25)30(29)28(20-8-4-2-5-9-20)21-10-6-3-7-11-21/h2-12,15-16,22,25-26,28-30,32H,13-14,17-19H2,1H3. The van der Waals surface area contributed by atoms with Crippen LogP contribution < -0.4 is 10.1 Å². The number of halogens is 1. The van der Waals surface area contributed by atoms with Crippen molar-refractivity contribution in [1.82, 2.24) is 10.2 Å². The summed E-state index contributed by atoms with van der Waals surface area (Å²) in [6, 6.07) is 28.9. The van der Waals surface area contributed by atoms with Gasteiger partial charge in [-0.15, -0.1) is 0 Å². The number of fused-ring (bicyclic) bond motifs is 1. The number of nitrogens with zero attached hydrogens (tertiary/aromatic N) is 1. The minimum absolute atomic E-state index is 0.215. The van der Waals surface area contributed by atoms with Crippen molar-refractivity contribution in [2.45, 2.75) is 62.3 Å². The van der Waals surface area contributed by atoms with Gasteiger partial charge in [-0.3, -0.25) is 4.90 Å². The molecule has 4 aliphatic rings. The molecule has 4 unspecified atom stereocenters. The highest BCUT2D eigenvalue weighted by Gasteiger charge is 2.56. The zero-order chi connectivity index (χ0) is 23.1. The van der Waals surface area contributed by atoms with Gasteiger partial charge in [-0.05, 0) is 60.9 Å². The summed E-state index contributed by atoms with van der Waals surface area (Å²) in [5.74, 6) is 1.46. The molecule has 4 fully saturated rings. The maximum absolute atomic E-state index is 14.1. The molecule has 4 heterocycles. The monoisotopic (exact) mass is 456 g/mol. The molecule has 0 amide bonds. The Bertz CT molecular complexity index is 1070. The quantitative estimate of drug-likeness (QED) is 0.490. The zero-order valence-electron chi connectivity index (χ0n) is 19.7. The average Bonchev–Trinajstić information content (AvgIpc) is 3.17. The van der Waals surface area contributed by atoms with Crippen LogP contribution in [0.4, 0.5) is 4.39 Å². The van der Waals surface area contributed by atoms with Gasteiger partial charge in [0, 0.05) is 42.2 Å². The summed E-state index contributed by atoms with van der Waals surface area (Å²) in [5, 5.41) is 3.92. The Balaban J connectivity index is 1.39. The fourth-order valence-corrected chi connectivity index (χ4v) is 7.19. The summed E-state index contributed by atoms with van der Waals surface area (Å²) in [6.45, 7) is 0.609. The van der Waals surface area contributed by atoms with Gasteiger partial charge in [0.05, 0.1) is 7.11 Å². The van der Waals surface area contributed by atoms with Gasteiger partial charge in [0.15, 0.2) is 0 Å². The second-order valence-electron chi connectivity index (χ2n) is 10.2. The number of hydrogen-bond acceptors (Lipinski definition) is 3. The second kappa shape index (κ2) is 9.16. The normalized spacial score (nSPS) is 29.5. The predicted octanol–water partition coefficient (Wildman–Crippen LogP) is 5.75. The lowest BCUT2D eigenvalue weighted by Gasteiger charge is -2.58. The summed E-state index contributed by atoms with van der Waals surface area (Å²) in [5.41, 5.74) is 3.64. The van der Waals surface area contributed by atoms with E-state index in [1.165, 1.54) is 42.9 Å².